The summed E-state index contributed by atoms with van der Waals surface area (Å²) in [5.41, 5.74) is 0.811. The van der Waals surface area contributed by atoms with Crippen molar-refractivity contribution in [3.63, 3.8) is 0 Å². The molecule has 26 heavy (non-hydrogen) atoms. The van der Waals surface area contributed by atoms with Crippen LogP contribution in [-0.4, -0.2) is 40.9 Å². The van der Waals surface area contributed by atoms with Crippen LogP contribution < -0.4 is 15.4 Å². The molecule has 4 rings (SSSR count). The van der Waals surface area contributed by atoms with E-state index in [1.54, 1.807) is 13.2 Å². The highest BCUT2D eigenvalue weighted by atomic mass is 32.2. The lowest BCUT2D eigenvalue weighted by Gasteiger charge is -2.31. The van der Waals surface area contributed by atoms with Crippen LogP contribution in [0.3, 0.4) is 0 Å². The molecule has 0 amide bonds. The van der Waals surface area contributed by atoms with Gasteiger partial charge in [0.1, 0.15) is 0 Å². The summed E-state index contributed by atoms with van der Waals surface area (Å²) in [6.07, 6.45) is 3.09. The Morgan fingerprint density at radius 1 is 1.31 bits per heavy atom. The van der Waals surface area contributed by atoms with E-state index < -0.39 is 15.8 Å². The van der Waals surface area contributed by atoms with Gasteiger partial charge in [0, 0.05) is 26.2 Å². The molecule has 0 bridgehead atoms. The standard InChI is InChI=1S/C15H17N5O4S2/c1-19-12-8-11(2-3-13(12)24-15(19)21)26(22,23)18-10-4-6-20(7-5-10)14-9-16-25-17-14/h2-3,8-10,18H,4-7H2,1H3. The van der Waals surface area contributed by atoms with Crippen LogP contribution >= 0.6 is 11.7 Å². The van der Waals surface area contributed by atoms with Crippen molar-refractivity contribution >= 4 is 38.7 Å². The SMILES string of the molecule is Cn1c(=O)oc2ccc(S(=O)(=O)NC3CCN(c4cnsn4)CC3)cc21. The van der Waals surface area contributed by atoms with E-state index in [9.17, 15) is 13.2 Å². The summed E-state index contributed by atoms with van der Waals surface area (Å²) in [5.74, 6) is 0.314. The van der Waals surface area contributed by atoms with Crippen LogP contribution in [0, 0.1) is 0 Å². The minimum absolute atomic E-state index is 0.118. The van der Waals surface area contributed by atoms with E-state index >= 15 is 0 Å². The Labute approximate surface area is 153 Å². The Kier molecular flexibility index (Phi) is 4.29. The van der Waals surface area contributed by atoms with E-state index in [0.29, 0.717) is 37.0 Å². The molecular formula is C15H17N5O4S2. The van der Waals surface area contributed by atoms with Gasteiger partial charge in [-0.05, 0) is 31.0 Å². The lowest BCUT2D eigenvalue weighted by Crippen LogP contribution is -2.44. The van der Waals surface area contributed by atoms with Crippen molar-refractivity contribution in [2.45, 2.75) is 23.8 Å². The molecule has 0 unspecified atom stereocenters. The summed E-state index contributed by atoms with van der Waals surface area (Å²) in [6.45, 7) is 1.43. The largest absolute Gasteiger partial charge is 0.419 e. The summed E-state index contributed by atoms with van der Waals surface area (Å²) in [7, 11) is -2.14. The highest BCUT2D eigenvalue weighted by molar-refractivity contribution is 7.89. The molecule has 9 nitrogen and oxygen atoms in total. The minimum atomic E-state index is -3.68. The first kappa shape index (κ1) is 17.2. The fourth-order valence-electron chi connectivity index (χ4n) is 3.09. The molecular weight excluding hydrogens is 378 g/mol. The van der Waals surface area contributed by atoms with Gasteiger partial charge in [0.25, 0.3) is 0 Å². The van der Waals surface area contributed by atoms with Crippen LogP contribution in [-0.2, 0) is 17.1 Å². The van der Waals surface area contributed by atoms with E-state index in [1.165, 1.54) is 22.8 Å². The van der Waals surface area contributed by atoms with Crippen molar-refractivity contribution in [2.24, 2.45) is 7.05 Å². The summed E-state index contributed by atoms with van der Waals surface area (Å²) in [5, 5.41) is 0. The summed E-state index contributed by atoms with van der Waals surface area (Å²) in [6, 6.07) is 4.26. The maximum absolute atomic E-state index is 12.7. The van der Waals surface area contributed by atoms with Gasteiger partial charge in [-0.2, -0.15) is 8.75 Å². The molecule has 1 fully saturated rings. The molecule has 0 atom stereocenters. The second-order valence-corrected chi connectivity index (χ2v) is 8.48. The van der Waals surface area contributed by atoms with Crippen LogP contribution in [0.2, 0.25) is 0 Å². The van der Waals surface area contributed by atoms with E-state index in [2.05, 4.69) is 18.4 Å². The number of aryl methyl sites for hydroxylation is 1. The number of oxazole rings is 1. The fourth-order valence-corrected chi connectivity index (χ4v) is 4.85. The number of nitrogens with zero attached hydrogens (tertiary/aromatic N) is 4. The van der Waals surface area contributed by atoms with E-state index in [-0.39, 0.29) is 10.9 Å². The number of piperidine rings is 1. The number of benzene rings is 1. The maximum atomic E-state index is 12.7. The number of aromatic nitrogens is 3. The third-order valence-corrected chi connectivity index (χ3v) is 6.55. The smallest absolute Gasteiger partial charge is 0.408 e. The number of anilines is 1. The number of sulfonamides is 1. The van der Waals surface area contributed by atoms with Crippen LogP contribution in [0.25, 0.3) is 11.1 Å². The van der Waals surface area contributed by atoms with Crippen molar-refractivity contribution in [2.75, 3.05) is 18.0 Å². The van der Waals surface area contributed by atoms with Gasteiger partial charge < -0.3 is 9.32 Å². The van der Waals surface area contributed by atoms with Crippen LogP contribution in [0.1, 0.15) is 12.8 Å². The van der Waals surface area contributed by atoms with Crippen molar-refractivity contribution in [1.82, 2.24) is 18.0 Å². The Hall–Kier alpha value is -2.24. The first-order chi connectivity index (χ1) is 12.4. The molecule has 0 radical (unpaired) electrons. The number of nitrogens with one attached hydrogen (secondary N) is 1. The van der Waals surface area contributed by atoms with Crippen LogP contribution in [0.5, 0.6) is 0 Å². The quantitative estimate of drug-likeness (QED) is 0.700. The second-order valence-electron chi connectivity index (χ2n) is 6.20. The third kappa shape index (κ3) is 3.13. The summed E-state index contributed by atoms with van der Waals surface area (Å²) in [4.78, 5) is 13.8. The van der Waals surface area contributed by atoms with Gasteiger partial charge in [-0.25, -0.2) is 17.9 Å². The highest BCUT2D eigenvalue weighted by Gasteiger charge is 2.26. The molecule has 2 aromatic heterocycles. The van der Waals surface area contributed by atoms with Crippen molar-refractivity contribution in [3.8, 4) is 0 Å². The topological polar surface area (TPSA) is 110 Å². The van der Waals surface area contributed by atoms with E-state index in [1.807, 2.05) is 0 Å². The summed E-state index contributed by atoms with van der Waals surface area (Å²) >= 11 is 1.16. The predicted octanol–water partition coefficient (Wildman–Crippen LogP) is 0.930. The number of hydrogen-bond donors (Lipinski definition) is 1. The van der Waals surface area contributed by atoms with Gasteiger partial charge in [-0.15, -0.1) is 0 Å². The molecule has 1 aromatic carbocycles. The molecule has 11 heteroatoms. The maximum Gasteiger partial charge on any atom is 0.419 e. The molecule has 1 saturated heterocycles. The average Bonchev–Trinajstić information content (AvgIpc) is 3.24. The van der Waals surface area contributed by atoms with Gasteiger partial charge in [0.2, 0.25) is 10.0 Å². The monoisotopic (exact) mass is 395 g/mol. The molecule has 0 spiro atoms. The zero-order valence-electron chi connectivity index (χ0n) is 14.0. The Balaban J connectivity index is 1.49. The first-order valence-corrected chi connectivity index (χ1v) is 10.3. The van der Waals surface area contributed by atoms with Crippen molar-refractivity contribution < 1.29 is 12.8 Å². The zero-order chi connectivity index (χ0) is 18.3. The van der Waals surface area contributed by atoms with Gasteiger partial charge in [0.05, 0.1) is 28.3 Å². The Morgan fingerprint density at radius 3 is 2.77 bits per heavy atom. The molecule has 0 aliphatic carbocycles. The van der Waals surface area contributed by atoms with Gasteiger partial charge >= 0.3 is 5.76 Å². The molecule has 138 valence electrons. The first-order valence-electron chi connectivity index (χ1n) is 8.08. The van der Waals surface area contributed by atoms with Gasteiger partial charge in [-0.1, -0.05) is 0 Å². The fraction of sp³-hybridized carbons (Fsp3) is 0.400. The number of rotatable bonds is 4. The van der Waals surface area contributed by atoms with Crippen molar-refractivity contribution in [3.05, 3.63) is 34.9 Å². The lowest BCUT2D eigenvalue weighted by molar-refractivity contribution is 0.459. The minimum Gasteiger partial charge on any atom is -0.408 e. The molecule has 1 aliphatic heterocycles. The van der Waals surface area contributed by atoms with Gasteiger partial charge in [0.15, 0.2) is 11.4 Å². The zero-order valence-corrected chi connectivity index (χ0v) is 15.6. The molecule has 0 saturated carbocycles. The summed E-state index contributed by atoms with van der Waals surface area (Å²) < 4.78 is 42.7. The third-order valence-electron chi connectivity index (χ3n) is 4.56. The predicted molar refractivity (Wildman–Crippen MR) is 96.9 cm³/mol. The molecule has 3 aromatic rings. The molecule has 3 heterocycles. The highest BCUT2D eigenvalue weighted by Crippen LogP contribution is 2.21. The van der Waals surface area contributed by atoms with Gasteiger partial charge in [-0.3, -0.25) is 4.57 Å². The van der Waals surface area contributed by atoms with E-state index in [4.69, 9.17) is 4.42 Å². The molecule has 1 N–H and O–H groups in total. The Bertz CT molecular complexity index is 1080. The number of fused-ring (bicyclic) bond motifs is 1. The number of hydrogen-bond acceptors (Lipinski definition) is 8. The van der Waals surface area contributed by atoms with Crippen LogP contribution in [0.4, 0.5) is 5.82 Å². The van der Waals surface area contributed by atoms with Crippen LogP contribution in [0.15, 0.2) is 38.5 Å². The average molecular weight is 395 g/mol. The normalized spacial score (nSPS) is 16.4. The molecule has 1 aliphatic rings. The Morgan fingerprint density at radius 2 is 2.08 bits per heavy atom. The second kappa shape index (κ2) is 6.49. The van der Waals surface area contributed by atoms with E-state index in [0.717, 1.165) is 17.5 Å². The van der Waals surface area contributed by atoms with Crippen molar-refractivity contribution in [1.29, 1.82) is 0 Å². The lowest BCUT2D eigenvalue weighted by atomic mass is 10.1.